The Morgan fingerprint density at radius 3 is 2.33 bits per heavy atom. The van der Waals surface area contributed by atoms with Crippen molar-refractivity contribution in [2.75, 3.05) is 17.1 Å². The predicted molar refractivity (Wildman–Crippen MR) is 118 cm³/mol. The van der Waals surface area contributed by atoms with Crippen molar-refractivity contribution in [2.45, 2.75) is 4.90 Å². The van der Waals surface area contributed by atoms with E-state index >= 15 is 0 Å². The molecule has 0 spiro atoms. The molecular formula is C21H17N3O4S2. The molecule has 4 aromatic rings. The number of hydrogen-bond acceptors (Lipinski definition) is 6. The molecule has 152 valence electrons. The van der Waals surface area contributed by atoms with E-state index in [9.17, 15) is 13.2 Å². The van der Waals surface area contributed by atoms with Crippen molar-refractivity contribution in [3.8, 4) is 5.75 Å². The number of ether oxygens (including phenoxy) is 1. The van der Waals surface area contributed by atoms with Crippen LogP contribution in [0.2, 0.25) is 0 Å². The normalized spacial score (nSPS) is 11.2. The fourth-order valence-electron chi connectivity index (χ4n) is 2.84. The molecular weight excluding hydrogens is 422 g/mol. The molecule has 0 aliphatic carbocycles. The Balaban J connectivity index is 1.65. The smallest absolute Gasteiger partial charge is 0.263 e. The summed E-state index contributed by atoms with van der Waals surface area (Å²) >= 11 is 1.15. The molecule has 7 nitrogen and oxygen atoms in total. The Hall–Kier alpha value is -3.43. The van der Waals surface area contributed by atoms with Crippen LogP contribution in [0.25, 0.3) is 10.2 Å². The molecule has 1 amide bonds. The highest BCUT2D eigenvalue weighted by molar-refractivity contribution is 7.93. The van der Waals surface area contributed by atoms with E-state index in [0.29, 0.717) is 27.2 Å². The van der Waals surface area contributed by atoms with Gasteiger partial charge in [-0.3, -0.25) is 9.52 Å². The van der Waals surface area contributed by atoms with E-state index in [1.165, 1.54) is 19.2 Å². The minimum absolute atomic E-state index is 0.145. The number of methoxy groups -OCH3 is 1. The maximum atomic E-state index is 12.6. The third kappa shape index (κ3) is 4.12. The second-order valence-electron chi connectivity index (χ2n) is 6.28. The lowest BCUT2D eigenvalue weighted by Crippen LogP contribution is -2.12. The molecule has 0 fully saturated rings. The summed E-state index contributed by atoms with van der Waals surface area (Å²) in [6, 6.07) is 20.3. The van der Waals surface area contributed by atoms with E-state index in [0.717, 1.165) is 11.3 Å². The number of hydrogen-bond donors (Lipinski definition) is 2. The highest BCUT2D eigenvalue weighted by Gasteiger charge is 2.18. The number of nitrogens with one attached hydrogen (secondary N) is 2. The van der Waals surface area contributed by atoms with Gasteiger partial charge >= 0.3 is 0 Å². The second-order valence-corrected chi connectivity index (χ2v) is 9.00. The number of benzene rings is 3. The minimum Gasteiger partial charge on any atom is -0.494 e. The largest absolute Gasteiger partial charge is 0.494 e. The summed E-state index contributed by atoms with van der Waals surface area (Å²) in [7, 11) is -2.27. The fraction of sp³-hybridized carbons (Fsp3) is 0.0476. The summed E-state index contributed by atoms with van der Waals surface area (Å²) in [5.74, 6) is 0.170. The van der Waals surface area contributed by atoms with E-state index in [1.54, 1.807) is 54.6 Å². The SMILES string of the molecule is COc1cc(NC(=O)c2ccccc2)cc2sc(NS(=O)(=O)c3ccccc3)nc12. The summed E-state index contributed by atoms with van der Waals surface area (Å²) in [4.78, 5) is 17.0. The van der Waals surface area contributed by atoms with E-state index in [4.69, 9.17) is 4.74 Å². The zero-order valence-corrected chi connectivity index (χ0v) is 17.5. The first-order valence-electron chi connectivity index (χ1n) is 8.89. The lowest BCUT2D eigenvalue weighted by Gasteiger charge is -2.08. The molecule has 30 heavy (non-hydrogen) atoms. The number of nitrogens with zero attached hydrogens (tertiary/aromatic N) is 1. The van der Waals surface area contributed by atoms with Gasteiger partial charge in [0.25, 0.3) is 15.9 Å². The maximum absolute atomic E-state index is 12.6. The van der Waals surface area contributed by atoms with Gasteiger partial charge in [0.15, 0.2) is 5.13 Å². The van der Waals surface area contributed by atoms with E-state index in [1.807, 2.05) is 6.07 Å². The summed E-state index contributed by atoms with van der Waals surface area (Å²) in [6.07, 6.45) is 0. The molecule has 4 rings (SSSR count). The molecule has 0 radical (unpaired) electrons. The molecule has 0 aliphatic heterocycles. The lowest BCUT2D eigenvalue weighted by atomic mass is 10.2. The topological polar surface area (TPSA) is 97.4 Å². The van der Waals surface area contributed by atoms with Crippen molar-refractivity contribution in [3.63, 3.8) is 0 Å². The predicted octanol–water partition coefficient (Wildman–Crippen LogP) is 4.36. The van der Waals surface area contributed by atoms with Crippen LogP contribution in [0, 0.1) is 0 Å². The van der Waals surface area contributed by atoms with Crippen LogP contribution < -0.4 is 14.8 Å². The highest BCUT2D eigenvalue weighted by atomic mass is 32.2. The van der Waals surface area contributed by atoms with Crippen LogP contribution in [0.4, 0.5) is 10.8 Å². The zero-order valence-electron chi connectivity index (χ0n) is 15.8. The number of anilines is 2. The van der Waals surface area contributed by atoms with Gasteiger partial charge in [0, 0.05) is 17.3 Å². The summed E-state index contributed by atoms with van der Waals surface area (Å²) in [6.45, 7) is 0. The monoisotopic (exact) mass is 439 g/mol. The molecule has 1 heterocycles. The van der Waals surface area contributed by atoms with Gasteiger partial charge in [0.05, 0.1) is 16.7 Å². The quantitative estimate of drug-likeness (QED) is 0.465. The summed E-state index contributed by atoms with van der Waals surface area (Å²) < 4.78 is 33.7. The van der Waals surface area contributed by atoms with Crippen molar-refractivity contribution in [1.29, 1.82) is 0 Å². The van der Waals surface area contributed by atoms with Crippen molar-refractivity contribution >= 4 is 48.3 Å². The van der Waals surface area contributed by atoms with Crippen molar-refractivity contribution in [1.82, 2.24) is 4.98 Å². The molecule has 0 saturated carbocycles. The Labute approximate surface area is 177 Å². The van der Waals surface area contributed by atoms with Crippen LogP contribution in [0.15, 0.2) is 77.7 Å². The Bertz CT molecular complexity index is 1300. The molecule has 0 unspecified atom stereocenters. The molecule has 0 atom stereocenters. The van der Waals surface area contributed by atoms with Crippen LogP contribution in [0.5, 0.6) is 5.75 Å². The number of carbonyl (C=O) groups excluding carboxylic acids is 1. The molecule has 2 N–H and O–H groups in total. The van der Waals surface area contributed by atoms with Crippen LogP contribution in [-0.2, 0) is 10.0 Å². The van der Waals surface area contributed by atoms with Gasteiger partial charge in [-0.15, -0.1) is 0 Å². The highest BCUT2D eigenvalue weighted by Crippen LogP contribution is 2.36. The van der Waals surface area contributed by atoms with Gasteiger partial charge in [-0.05, 0) is 30.3 Å². The van der Waals surface area contributed by atoms with Crippen molar-refractivity contribution < 1.29 is 17.9 Å². The second kappa shape index (κ2) is 8.13. The number of fused-ring (bicyclic) bond motifs is 1. The Morgan fingerprint density at radius 2 is 1.67 bits per heavy atom. The standard InChI is InChI=1S/C21H17N3O4S2/c1-28-17-12-15(22-20(25)14-8-4-2-5-9-14)13-18-19(17)23-21(29-18)24-30(26,27)16-10-6-3-7-11-16/h2-13H,1H3,(H,22,25)(H,23,24). The number of thiazole rings is 1. The number of sulfonamides is 1. The Kier molecular flexibility index (Phi) is 5.39. The van der Waals surface area contributed by atoms with Crippen LogP contribution in [-0.4, -0.2) is 26.4 Å². The van der Waals surface area contributed by atoms with E-state index in [-0.39, 0.29) is 15.9 Å². The van der Waals surface area contributed by atoms with E-state index in [2.05, 4.69) is 15.0 Å². The average Bonchev–Trinajstić information content (AvgIpc) is 3.16. The number of carbonyl (C=O) groups is 1. The van der Waals surface area contributed by atoms with Crippen molar-refractivity contribution in [3.05, 3.63) is 78.4 Å². The zero-order chi connectivity index (χ0) is 21.1. The van der Waals surface area contributed by atoms with E-state index < -0.39 is 10.0 Å². The van der Waals surface area contributed by atoms with Gasteiger partial charge in [-0.2, -0.15) is 0 Å². The molecule has 0 saturated heterocycles. The van der Waals surface area contributed by atoms with Gasteiger partial charge in [-0.25, -0.2) is 13.4 Å². The molecule has 0 aliphatic rings. The van der Waals surface area contributed by atoms with Gasteiger partial charge in [0.1, 0.15) is 11.3 Å². The molecule has 0 bridgehead atoms. The first-order chi connectivity index (χ1) is 14.5. The van der Waals surface area contributed by atoms with Gasteiger partial charge in [-0.1, -0.05) is 47.7 Å². The molecule has 1 aromatic heterocycles. The summed E-state index contributed by atoms with van der Waals surface area (Å²) in [5, 5.41) is 3.04. The average molecular weight is 440 g/mol. The minimum atomic E-state index is -3.76. The van der Waals surface area contributed by atoms with Crippen LogP contribution >= 0.6 is 11.3 Å². The molecule has 9 heteroatoms. The van der Waals surface area contributed by atoms with Crippen LogP contribution in [0.1, 0.15) is 10.4 Å². The summed E-state index contributed by atoms with van der Waals surface area (Å²) in [5.41, 5.74) is 1.55. The van der Waals surface area contributed by atoms with Gasteiger partial charge < -0.3 is 10.1 Å². The first-order valence-corrected chi connectivity index (χ1v) is 11.2. The van der Waals surface area contributed by atoms with Crippen LogP contribution in [0.3, 0.4) is 0 Å². The lowest BCUT2D eigenvalue weighted by molar-refractivity contribution is 0.102. The maximum Gasteiger partial charge on any atom is 0.263 e. The third-order valence-electron chi connectivity index (χ3n) is 4.25. The molecule has 3 aromatic carbocycles. The Morgan fingerprint density at radius 1 is 1.00 bits per heavy atom. The number of rotatable bonds is 6. The fourth-order valence-corrected chi connectivity index (χ4v) is 5.02. The first kappa shape index (κ1) is 19.9. The number of amides is 1. The number of aromatic nitrogens is 1. The van der Waals surface area contributed by atoms with Crippen molar-refractivity contribution in [2.24, 2.45) is 0 Å². The third-order valence-corrected chi connectivity index (χ3v) is 6.65. The van der Waals surface area contributed by atoms with Gasteiger partial charge in [0.2, 0.25) is 0 Å².